The van der Waals surface area contributed by atoms with E-state index in [1.54, 1.807) is 23.1 Å². The Morgan fingerprint density at radius 2 is 2.14 bits per heavy atom. The number of halogens is 1. The minimum absolute atomic E-state index is 0.0102. The third-order valence-electron chi connectivity index (χ3n) is 5.74. The number of likely N-dealkylation sites (N-methyl/N-ethyl adjacent to an activating group) is 1. The Bertz CT molecular complexity index is 942. The summed E-state index contributed by atoms with van der Waals surface area (Å²) in [5.74, 6) is 0.250. The number of likely N-dealkylation sites (tertiary alicyclic amines) is 1. The van der Waals surface area contributed by atoms with Crippen molar-refractivity contribution in [3.05, 3.63) is 63.1 Å². The van der Waals surface area contributed by atoms with E-state index in [1.165, 1.54) is 6.07 Å². The monoisotopic (exact) mass is 384 g/mol. The van der Waals surface area contributed by atoms with Crippen molar-refractivity contribution in [2.45, 2.75) is 38.1 Å². The SMILES string of the molecule is CN1CCc2nc([C@@H]3CCCN(C(=O)Cc4ccccc4F)C3)[nH]c(=O)c2C1. The molecule has 0 aliphatic carbocycles. The molecule has 6 nitrogen and oxygen atoms in total. The highest BCUT2D eigenvalue weighted by Gasteiger charge is 2.28. The second kappa shape index (κ2) is 7.83. The summed E-state index contributed by atoms with van der Waals surface area (Å²) in [4.78, 5) is 36.8. The highest BCUT2D eigenvalue weighted by atomic mass is 19.1. The molecular weight excluding hydrogens is 359 g/mol. The number of fused-ring (bicyclic) bond motifs is 1. The van der Waals surface area contributed by atoms with Crippen LogP contribution in [0.15, 0.2) is 29.1 Å². The molecule has 2 aromatic rings. The minimum Gasteiger partial charge on any atom is -0.342 e. The van der Waals surface area contributed by atoms with Crippen LogP contribution in [-0.4, -0.2) is 52.4 Å². The third kappa shape index (κ3) is 3.85. The Kier molecular flexibility index (Phi) is 5.26. The van der Waals surface area contributed by atoms with Crippen LogP contribution in [0.4, 0.5) is 4.39 Å². The van der Waals surface area contributed by atoms with Gasteiger partial charge in [0.15, 0.2) is 0 Å². The second-order valence-corrected chi connectivity index (χ2v) is 7.81. The zero-order valence-corrected chi connectivity index (χ0v) is 16.1. The van der Waals surface area contributed by atoms with Crippen LogP contribution in [0.3, 0.4) is 0 Å². The molecule has 0 radical (unpaired) electrons. The first-order valence-electron chi connectivity index (χ1n) is 9.83. The van der Waals surface area contributed by atoms with Gasteiger partial charge in [-0.15, -0.1) is 0 Å². The van der Waals surface area contributed by atoms with Gasteiger partial charge >= 0.3 is 0 Å². The highest BCUT2D eigenvalue weighted by Crippen LogP contribution is 2.26. The van der Waals surface area contributed by atoms with E-state index in [9.17, 15) is 14.0 Å². The van der Waals surface area contributed by atoms with Crippen LogP contribution in [0, 0.1) is 5.82 Å². The van der Waals surface area contributed by atoms with Gasteiger partial charge in [0.1, 0.15) is 11.6 Å². The summed E-state index contributed by atoms with van der Waals surface area (Å²) in [5, 5.41) is 0. The molecule has 28 heavy (non-hydrogen) atoms. The normalized spacial score (nSPS) is 20.1. The number of nitrogens with one attached hydrogen (secondary N) is 1. The average Bonchev–Trinajstić information content (AvgIpc) is 2.70. The lowest BCUT2D eigenvalue weighted by atomic mass is 9.95. The van der Waals surface area contributed by atoms with Gasteiger partial charge in [0.25, 0.3) is 5.56 Å². The van der Waals surface area contributed by atoms with Crippen LogP contribution in [-0.2, 0) is 24.2 Å². The number of carbonyl (C=O) groups excluding carboxylic acids is 1. The standard InChI is InChI=1S/C21H25FN4O2/c1-25-10-8-18-16(13-25)21(28)24-20(23-18)15-6-4-9-26(12-15)19(27)11-14-5-2-3-7-17(14)22/h2-3,5,7,15H,4,6,8-13H2,1H3,(H,23,24,28)/t15-/m1/s1. The molecule has 1 amide bonds. The molecule has 1 aromatic carbocycles. The number of carbonyl (C=O) groups is 1. The first-order chi connectivity index (χ1) is 13.5. The fourth-order valence-corrected chi connectivity index (χ4v) is 4.12. The summed E-state index contributed by atoms with van der Waals surface area (Å²) in [6.45, 7) is 2.68. The number of aromatic nitrogens is 2. The molecule has 2 aliphatic rings. The number of amides is 1. The molecule has 0 saturated carbocycles. The number of hydrogen-bond acceptors (Lipinski definition) is 4. The van der Waals surface area contributed by atoms with Crippen molar-refractivity contribution in [2.24, 2.45) is 0 Å². The number of rotatable bonds is 3. The number of hydrogen-bond donors (Lipinski definition) is 1. The molecule has 1 saturated heterocycles. The fraction of sp³-hybridized carbons (Fsp3) is 0.476. The molecule has 4 rings (SSSR count). The minimum atomic E-state index is -0.352. The molecule has 0 spiro atoms. The number of benzene rings is 1. The predicted octanol–water partition coefficient (Wildman–Crippen LogP) is 1.85. The maximum Gasteiger partial charge on any atom is 0.255 e. The van der Waals surface area contributed by atoms with Crippen molar-refractivity contribution in [3.63, 3.8) is 0 Å². The van der Waals surface area contributed by atoms with Crippen LogP contribution < -0.4 is 5.56 Å². The Labute approximate surface area is 163 Å². The van der Waals surface area contributed by atoms with Crippen molar-refractivity contribution in [1.82, 2.24) is 19.8 Å². The van der Waals surface area contributed by atoms with Gasteiger partial charge in [0.2, 0.25) is 5.91 Å². The van der Waals surface area contributed by atoms with Gasteiger partial charge in [0.05, 0.1) is 17.7 Å². The van der Waals surface area contributed by atoms with Gasteiger partial charge < -0.3 is 14.8 Å². The number of H-pyrrole nitrogens is 1. The second-order valence-electron chi connectivity index (χ2n) is 7.81. The van der Waals surface area contributed by atoms with Gasteiger partial charge in [-0.25, -0.2) is 9.37 Å². The van der Waals surface area contributed by atoms with Gasteiger partial charge in [-0.05, 0) is 31.5 Å². The molecule has 2 aliphatic heterocycles. The number of piperidine rings is 1. The van der Waals surface area contributed by atoms with E-state index in [0.29, 0.717) is 31.0 Å². The fourth-order valence-electron chi connectivity index (χ4n) is 4.12. The summed E-state index contributed by atoms with van der Waals surface area (Å²) in [7, 11) is 2.00. The topological polar surface area (TPSA) is 69.3 Å². The quantitative estimate of drug-likeness (QED) is 0.877. The third-order valence-corrected chi connectivity index (χ3v) is 5.74. The molecule has 1 atom stereocenters. The Hall–Kier alpha value is -2.54. The molecule has 148 valence electrons. The summed E-state index contributed by atoms with van der Waals surface area (Å²) >= 11 is 0. The van der Waals surface area contributed by atoms with Crippen molar-refractivity contribution >= 4 is 5.91 Å². The number of nitrogens with zero attached hydrogens (tertiary/aromatic N) is 3. The van der Waals surface area contributed by atoms with Gasteiger partial charge in [-0.2, -0.15) is 0 Å². The largest absolute Gasteiger partial charge is 0.342 e. The summed E-state index contributed by atoms with van der Waals surface area (Å²) in [6.07, 6.45) is 2.55. The molecule has 7 heteroatoms. The Morgan fingerprint density at radius 1 is 1.32 bits per heavy atom. The van der Waals surface area contributed by atoms with Crippen LogP contribution in [0.25, 0.3) is 0 Å². The van der Waals surface area contributed by atoms with Crippen LogP contribution >= 0.6 is 0 Å². The first-order valence-corrected chi connectivity index (χ1v) is 9.83. The van der Waals surface area contributed by atoms with Crippen LogP contribution in [0.5, 0.6) is 0 Å². The zero-order chi connectivity index (χ0) is 19.7. The van der Waals surface area contributed by atoms with Gasteiger partial charge in [0, 0.05) is 38.5 Å². The maximum absolute atomic E-state index is 13.9. The summed E-state index contributed by atoms with van der Waals surface area (Å²) in [5.41, 5.74) is 1.98. The lowest BCUT2D eigenvalue weighted by Crippen LogP contribution is -2.41. The van der Waals surface area contributed by atoms with E-state index in [2.05, 4.69) is 9.88 Å². The maximum atomic E-state index is 13.9. The Balaban J connectivity index is 1.50. The van der Waals surface area contributed by atoms with E-state index in [1.807, 2.05) is 7.05 Å². The van der Waals surface area contributed by atoms with Gasteiger partial charge in [-0.3, -0.25) is 9.59 Å². The molecule has 0 unspecified atom stereocenters. The van der Waals surface area contributed by atoms with E-state index >= 15 is 0 Å². The lowest BCUT2D eigenvalue weighted by Gasteiger charge is -2.33. The van der Waals surface area contributed by atoms with E-state index in [-0.39, 0.29) is 29.6 Å². The van der Waals surface area contributed by atoms with Crippen molar-refractivity contribution in [1.29, 1.82) is 0 Å². The van der Waals surface area contributed by atoms with Crippen LogP contribution in [0.2, 0.25) is 0 Å². The first kappa shape index (κ1) is 18.8. The van der Waals surface area contributed by atoms with Gasteiger partial charge in [-0.1, -0.05) is 18.2 Å². The van der Waals surface area contributed by atoms with E-state index in [0.717, 1.165) is 37.1 Å². The average molecular weight is 384 g/mol. The number of aromatic amines is 1. The Morgan fingerprint density at radius 3 is 2.96 bits per heavy atom. The van der Waals surface area contributed by atoms with E-state index < -0.39 is 0 Å². The molecule has 1 aromatic heterocycles. The molecule has 3 heterocycles. The van der Waals surface area contributed by atoms with Crippen molar-refractivity contribution < 1.29 is 9.18 Å². The predicted molar refractivity (Wildman–Crippen MR) is 104 cm³/mol. The highest BCUT2D eigenvalue weighted by molar-refractivity contribution is 5.79. The van der Waals surface area contributed by atoms with Crippen molar-refractivity contribution in [3.8, 4) is 0 Å². The zero-order valence-electron chi connectivity index (χ0n) is 16.1. The molecule has 0 bridgehead atoms. The molecule has 1 N–H and O–H groups in total. The van der Waals surface area contributed by atoms with E-state index in [4.69, 9.17) is 4.98 Å². The lowest BCUT2D eigenvalue weighted by molar-refractivity contribution is -0.131. The van der Waals surface area contributed by atoms with Crippen molar-refractivity contribution in [2.75, 3.05) is 26.7 Å². The smallest absolute Gasteiger partial charge is 0.255 e. The van der Waals surface area contributed by atoms with Crippen LogP contribution in [0.1, 0.15) is 41.4 Å². The summed E-state index contributed by atoms with van der Waals surface area (Å²) in [6, 6.07) is 6.38. The summed E-state index contributed by atoms with van der Waals surface area (Å²) < 4.78 is 13.9. The molecule has 1 fully saturated rings. The molecular formula is C21H25FN4O2.